The molecule has 1 N–H and O–H groups in total. The second-order valence-corrected chi connectivity index (χ2v) is 8.10. The molecule has 124 valence electrons. The van der Waals surface area contributed by atoms with Crippen molar-refractivity contribution in [3.63, 3.8) is 0 Å². The topological polar surface area (TPSA) is 52.7 Å². The quantitative estimate of drug-likeness (QED) is 0.860. The number of hydrogen-bond acceptors (Lipinski definition) is 3. The van der Waals surface area contributed by atoms with Crippen LogP contribution in [0, 0.1) is 12.8 Å². The van der Waals surface area contributed by atoms with Crippen molar-refractivity contribution in [2.24, 2.45) is 5.92 Å². The zero-order valence-electron chi connectivity index (χ0n) is 13.3. The standard InChI is InChI=1S/C15H24ClN3O2S/c1-4-18(3)22(20,21)17-10-13-7-8-19(11-13)15-9-14(16)6-5-12(15)2/h5-6,9,13,17H,4,7-8,10-11H2,1-3H3. The van der Waals surface area contributed by atoms with Gasteiger partial charge in [0.05, 0.1) is 0 Å². The summed E-state index contributed by atoms with van der Waals surface area (Å²) in [5.41, 5.74) is 2.33. The lowest BCUT2D eigenvalue weighted by Crippen LogP contribution is -2.40. The number of aryl methyl sites for hydroxylation is 1. The van der Waals surface area contributed by atoms with E-state index in [1.165, 1.54) is 9.87 Å². The summed E-state index contributed by atoms with van der Waals surface area (Å²) in [5, 5.41) is 0.731. The third-order valence-electron chi connectivity index (χ3n) is 4.21. The van der Waals surface area contributed by atoms with E-state index in [2.05, 4.69) is 16.5 Å². The molecule has 1 fully saturated rings. The minimum absolute atomic E-state index is 0.318. The van der Waals surface area contributed by atoms with Crippen molar-refractivity contribution < 1.29 is 8.42 Å². The maximum absolute atomic E-state index is 12.0. The number of halogens is 1. The van der Waals surface area contributed by atoms with Crippen LogP contribution in [0.1, 0.15) is 18.9 Å². The minimum atomic E-state index is -3.35. The Kier molecular flexibility index (Phi) is 5.71. The number of hydrogen-bond donors (Lipinski definition) is 1. The molecular formula is C15H24ClN3O2S. The highest BCUT2D eigenvalue weighted by Gasteiger charge is 2.26. The van der Waals surface area contributed by atoms with Gasteiger partial charge in [-0.1, -0.05) is 24.6 Å². The number of benzene rings is 1. The van der Waals surface area contributed by atoms with E-state index in [4.69, 9.17) is 11.6 Å². The molecule has 1 saturated heterocycles. The fourth-order valence-corrected chi connectivity index (χ4v) is 3.82. The lowest BCUT2D eigenvalue weighted by Gasteiger charge is -2.22. The van der Waals surface area contributed by atoms with Crippen molar-refractivity contribution in [3.05, 3.63) is 28.8 Å². The Bertz CT molecular complexity index is 621. The minimum Gasteiger partial charge on any atom is -0.371 e. The van der Waals surface area contributed by atoms with Crippen LogP contribution in [0.5, 0.6) is 0 Å². The van der Waals surface area contributed by atoms with Crippen molar-refractivity contribution in [2.45, 2.75) is 20.3 Å². The molecule has 1 atom stereocenters. The van der Waals surface area contributed by atoms with Crippen LogP contribution in [0.3, 0.4) is 0 Å². The van der Waals surface area contributed by atoms with Crippen molar-refractivity contribution in [1.29, 1.82) is 0 Å². The lowest BCUT2D eigenvalue weighted by molar-refractivity contribution is 0.462. The summed E-state index contributed by atoms with van der Waals surface area (Å²) in [6.45, 7) is 6.60. The molecule has 1 aromatic carbocycles. The number of nitrogens with zero attached hydrogens (tertiary/aromatic N) is 2. The van der Waals surface area contributed by atoms with Gasteiger partial charge in [0.15, 0.2) is 0 Å². The molecule has 7 heteroatoms. The average molecular weight is 346 g/mol. The predicted octanol–water partition coefficient (Wildman–Crippen LogP) is 2.26. The molecule has 1 heterocycles. The van der Waals surface area contributed by atoms with Gasteiger partial charge in [0.1, 0.15) is 0 Å². The number of nitrogens with one attached hydrogen (secondary N) is 1. The Morgan fingerprint density at radius 3 is 2.86 bits per heavy atom. The molecule has 0 amide bonds. The Balaban J connectivity index is 1.95. The Morgan fingerprint density at radius 2 is 2.18 bits per heavy atom. The highest BCUT2D eigenvalue weighted by atomic mass is 35.5. The van der Waals surface area contributed by atoms with Crippen molar-refractivity contribution >= 4 is 27.5 Å². The van der Waals surface area contributed by atoms with E-state index >= 15 is 0 Å². The monoisotopic (exact) mass is 345 g/mol. The molecule has 0 bridgehead atoms. The molecule has 1 aliphatic heterocycles. The summed E-state index contributed by atoms with van der Waals surface area (Å²) in [6, 6.07) is 5.89. The maximum Gasteiger partial charge on any atom is 0.279 e. The van der Waals surface area contributed by atoms with Crippen LogP contribution >= 0.6 is 11.6 Å². The summed E-state index contributed by atoms with van der Waals surface area (Å²) < 4.78 is 27.9. The number of rotatable bonds is 6. The zero-order valence-corrected chi connectivity index (χ0v) is 14.9. The van der Waals surface area contributed by atoms with Gasteiger partial charge in [0.2, 0.25) is 0 Å². The summed E-state index contributed by atoms with van der Waals surface area (Å²) in [6.07, 6.45) is 0.977. The van der Waals surface area contributed by atoms with Gasteiger partial charge in [-0.05, 0) is 37.0 Å². The first-order chi connectivity index (χ1) is 10.3. The van der Waals surface area contributed by atoms with Gasteiger partial charge in [-0.15, -0.1) is 0 Å². The molecule has 1 aliphatic rings. The van der Waals surface area contributed by atoms with E-state index in [0.717, 1.165) is 30.2 Å². The highest BCUT2D eigenvalue weighted by molar-refractivity contribution is 7.87. The van der Waals surface area contributed by atoms with Crippen LogP contribution in [0.15, 0.2) is 18.2 Å². The van der Waals surface area contributed by atoms with Crippen LogP contribution in [-0.2, 0) is 10.2 Å². The van der Waals surface area contributed by atoms with Crippen LogP contribution in [0.2, 0.25) is 5.02 Å². The Labute approximate surface area is 138 Å². The van der Waals surface area contributed by atoms with Gasteiger partial charge < -0.3 is 4.90 Å². The summed E-state index contributed by atoms with van der Waals surface area (Å²) in [4.78, 5) is 2.28. The van der Waals surface area contributed by atoms with E-state index in [1.54, 1.807) is 7.05 Å². The lowest BCUT2D eigenvalue weighted by atomic mass is 10.1. The fourth-order valence-electron chi connectivity index (χ4n) is 2.64. The van der Waals surface area contributed by atoms with Crippen LogP contribution < -0.4 is 9.62 Å². The molecular weight excluding hydrogens is 322 g/mol. The second-order valence-electron chi connectivity index (χ2n) is 5.80. The molecule has 1 aromatic rings. The molecule has 0 aliphatic carbocycles. The SMILES string of the molecule is CCN(C)S(=O)(=O)NCC1CCN(c2cc(Cl)ccc2C)C1. The second kappa shape index (κ2) is 7.17. The van der Waals surface area contributed by atoms with Gasteiger partial charge in [0.25, 0.3) is 10.2 Å². The smallest absolute Gasteiger partial charge is 0.279 e. The Hall–Kier alpha value is -0.820. The first-order valence-electron chi connectivity index (χ1n) is 7.55. The molecule has 5 nitrogen and oxygen atoms in total. The maximum atomic E-state index is 12.0. The van der Waals surface area contributed by atoms with Gasteiger partial charge in [-0.2, -0.15) is 12.7 Å². The Morgan fingerprint density at radius 1 is 1.45 bits per heavy atom. The number of anilines is 1. The molecule has 0 radical (unpaired) electrons. The van der Waals surface area contributed by atoms with Crippen LogP contribution in [0.25, 0.3) is 0 Å². The van der Waals surface area contributed by atoms with E-state index in [-0.39, 0.29) is 0 Å². The fraction of sp³-hybridized carbons (Fsp3) is 0.600. The van der Waals surface area contributed by atoms with E-state index in [1.807, 2.05) is 25.1 Å². The average Bonchev–Trinajstić information content (AvgIpc) is 2.95. The summed E-state index contributed by atoms with van der Waals surface area (Å²) in [7, 11) is -1.77. The predicted molar refractivity (Wildman–Crippen MR) is 91.7 cm³/mol. The van der Waals surface area contributed by atoms with Gasteiger partial charge >= 0.3 is 0 Å². The van der Waals surface area contributed by atoms with Crippen LogP contribution in [0.4, 0.5) is 5.69 Å². The van der Waals surface area contributed by atoms with Gasteiger partial charge in [0, 0.05) is 43.9 Å². The molecule has 0 spiro atoms. The normalized spacial score (nSPS) is 19.1. The first-order valence-corrected chi connectivity index (χ1v) is 9.37. The van der Waals surface area contributed by atoms with Crippen LogP contribution in [-0.4, -0.2) is 45.9 Å². The van der Waals surface area contributed by atoms with E-state index in [0.29, 0.717) is 19.0 Å². The van der Waals surface area contributed by atoms with E-state index in [9.17, 15) is 8.42 Å². The van der Waals surface area contributed by atoms with Crippen molar-refractivity contribution in [3.8, 4) is 0 Å². The first kappa shape index (κ1) is 17.5. The van der Waals surface area contributed by atoms with Crippen molar-refractivity contribution in [1.82, 2.24) is 9.03 Å². The van der Waals surface area contributed by atoms with E-state index < -0.39 is 10.2 Å². The summed E-state index contributed by atoms with van der Waals surface area (Å²) in [5.74, 6) is 0.318. The van der Waals surface area contributed by atoms with Gasteiger partial charge in [-0.25, -0.2) is 4.72 Å². The third kappa shape index (κ3) is 4.13. The zero-order chi connectivity index (χ0) is 16.3. The summed E-state index contributed by atoms with van der Waals surface area (Å²) >= 11 is 6.08. The third-order valence-corrected chi connectivity index (χ3v) is 6.05. The molecule has 0 aromatic heterocycles. The van der Waals surface area contributed by atoms with Gasteiger partial charge in [-0.3, -0.25) is 0 Å². The largest absolute Gasteiger partial charge is 0.371 e. The molecule has 22 heavy (non-hydrogen) atoms. The molecule has 1 unspecified atom stereocenters. The van der Waals surface area contributed by atoms with Crippen molar-refractivity contribution in [2.75, 3.05) is 38.1 Å². The molecule has 0 saturated carbocycles. The highest BCUT2D eigenvalue weighted by Crippen LogP contribution is 2.29. The molecule has 2 rings (SSSR count).